The van der Waals surface area contributed by atoms with E-state index in [1.165, 1.54) is 34.6 Å². The Hall–Kier alpha value is -2.15. The largest absolute Gasteiger partial charge is 0.462 e. The quantitative estimate of drug-likeness (QED) is 0.883. The number of imidazole rings is 1. The van der Waals surface area contributed by atoms with Gasteiger partial charge in [0.1, 0.15) is 11.3 Å². The van der Waals surface area contributed by atoms with Crippen LogP contribution in [0.4, 0.5) is 9.80 Å². The van der Waals surface area contributed by atoms with Crippen LogP contribution < -0.4 is 5.32 Å². The Morgan fingerprint density at radius 3 is 2.80 bits per heavy atom. The average Bonchev–Trinajstić information content (AvgIpc) is 3.00. The summed E-state index contributed by atoms with van der Waals surface area (Å²) in [5.41, 5.74) is 1.25. The third-order valence-corrected chi connectivity index (χ3v) is 3.95. The van der Waals surface area contributed by atoms with Gasteiger partial charge in [0.2, 0.25) is 0 Å². The Morgan fingerprint density at radius 2 is 2.20 bits per heavy atom. The molecule has 2 heterocycles. The third kappa shape index (κ3) is 2.72. The Labute approximate surface area is 120 Å². The zero-order valence-electron chi connectivity index (χ0n) is 11.5. The molecule has 1 amide bonds. The van der Waals surface area contributed by atoms with Gasteiger partial charge in [-0.1, -0.05) is 0 Å². The molecular weight excluding hydrogens is 278 g/mol. The van der Waals surface area contributed by atoms with Crippen molar-refractivity contribution >= 4 is 28.3 Å². The number of aromatic nitrogens is 2. The number of esters is 1. The van der Waals surface area contributed by atoms with E-state index >= 15 is 0 Å². The first-order chi connectivity index (χ1) is 9.54. The monoisotopic (exact) mass is 293 g/mol. The lowest BCUT2D eigenvalue weighted by atomic mass is 10.1. The average molecular weight is 293 g/mol. The van der Waals surface area contributed by atoms with Crippen molar-refractivity contribution in [3.8, 4) is 0 Å². The molecule has 2 aromatic rings. The van der Waals surface area contributed by atoms with Crippen LogP contribution in [0.1, 0.15) is 27.7 Å². The van der Waals surface area contributed by atoms with E-state index in [-0.39, 0.29) is 6.03 Å². The maximum absolute atomic E-state index is 12.0. The minimum absolute atomic E-state index is 0.294. The van der Waals surface area contributed by atoms with E-state index in [0.29, 0.717) is 17.2 Å². The van der Waals surface area contributed by atoms with Gasteiger partial charge in [-0.25, -0.2) is 14.6 Å². The second-order valence-corrected chi connectivity index (χ2v) is 5.33. The van der Waals surface area contributed by atoms with Gasteiger partial charge in [-0.2, -0.15) is 0 Å². The highest BCUT2D eigenvalue weighted by Gasteiger charge is 2.22. The summed E-state index contributed by atoms with van der Waals surface area (Å²) in [6.07, 6.45) is 4.44. The summed E-state index contributed by atoms with van der Waals surface area (Å²) < 4.78 is 6.34. The number of hydrogen-bond acceptors (Lipinski definition) is 5. The summed E-state index contributed by atoms with van der Waals surface area (Å²) in [6.45, 7) is 5.78. The van der Waals surface area contributed by atoms with E-state index in [2.05, 4.69) is 10.3 Å². The third-order valence-electron chi connectivity index (χ3n) is 2.82. The topological polar surface area (TPSA) is 73.2 Å². The van der Waals surface area contributed by atoms with Crippen LogP contribution in [0.2, 0.25) is 0 Å². The summed E-state index contributed by atoms with van der Waals surface area (Å²) >= 11 is 1.35. The number of rotatable bonds is 3. The second-order valence-electron chi connectivity index (χ2n) is 4.11. The van der Waals surface area contributed by atoms with Crippen molar-refractivity contribution in [3.63, 3.8) is 0 Å². The van der Waals surface area contributed by atoms with Crippen molar-refractivity contribution in [3.05, 3.63) is 34.7 Å². The number of carbonyl (C=O) groups is 2. The fourth-order valence-corrected chi connectivity index (χ4v) is 2.74. The van der Waals surface area contributed by atoms with E-state index in [0.717, 1.165) is 10.4 Å². The first kappa shape index (κ1) is 14.3. The molecule has 0 saturated heterocycles. The molecule has 2 aromatic heterocycles. The molecule has 20 heavy (non-hydrogen) atoms. The van der Waals surface area contributed by atoms with Gasteiger partial charge >= 0.3 is 12.0 Å². The maximum atomic E-state index is 12.0. The van der Waals surface area contributed by atoms with Crippen LogP contribution >= 0.6 is 11.3 Å². The van der Waals surface area contributed by atoms with Crippen molar-refractivity contribution < 1.29 is 14.3 Å². The predicted molar refractivity (Wildman–Crippen MR) is 76.4 cm³/mol. The fraction of sp³-hybridized carbons (Fsp3) is 0.308. The lowest BCUT2D eigenvalue weighted by molar-refractivity contribution is 0.0527. The molecule has 1 N–H and O–H groups in total. The lowest BCUT2D eigenvalue weighted by Crippen LogP contribution is -2.19. The summed E-state index contributed by atoms with van der Waals surface area (Å²) in [4.78, 5) is 28.8. The standard InChI is InChI=1S/C13H15N3O3S/c1-4-19-12(17)10-8(2)9(3)20-11(10)15-13(18)16-6-5-14-7-16/h5-7H,4H2,1-3H3,(H,15,18). The maximum Gasteiger partial charge on any atom is 0.341 e. The Bertz CT molecular complexity index is 632. The minimum atomic E-state index is -0.421. The summed E-state index contributed by atoms with van der Waals surface area (Å²) in [7, 11) is 0. The van der Waals surface area contributed by atoms with Gasteiger partial charge in [0.15, 0.2) is 0 Å². The molecule has 6 nitrogen and oxygen atoms in total. The van der Waals surface area contributed by atoms with Gasteiger partial charge in [0.05, 0.1) is 12.2 Å². The van der Waals surface area contributed by atoms with Crippen molar-refractivity contribution in [2.75, 3.05) is 11.9 Å². The molecule has 0 aliphatic carbocycles. The van der Waals surface area contributed by atoms with Crippen LogP contribution in [0.5, 0.6) is 0 Å². The molecule has 0 spiro atoms. The van der Waals surface area contributed by atoms with E-state index < -0.39 is 5.97 Å². The molecule has 0 atom stereocenters. The molecule has 0 aromatic carbocycles. The molecule has 0 radical (unpaired) electrons. The molecule has 0 fully saturated rings. The number of hydrogen-bond donors (Lipinski definition) is 1. The van der Waals surface area contributed by atoms with Crippen LogP contribution in [-0.4, -0.2) is 28.2 Å². The predicted octanol–water partition coefficient (Wildman–Crippen LogP) is 2.82. The normalized spacial score (nSPS) is 10.3. The van der Waals surface area contributed by atoms with Gasteiger partial charge in [-0.3, -0.25) is 9.88 Å². The molecule has 0 saturated carbocycles. The Balaban J connectivity index is 2.30. The SMILES string of the molecule is CCOC(=O)c1c(NC(=O)n2ccnc2)sc(C)c1C. The van der Waals surface area contributed by atoms with E-state index in [4.69, 9.17) is 4.74 Å². The highest BCUT2D eigenvalue weighted by Crippen LogP contribution is 2.33. The van der Waals surface area contributed by atoms with Crippen molar-refractivity contribution in [1.82, 2.24) is 9.55 Å². The molecule has 2 rings (SSSR count). The molecule has 0 unspecified atom stereocenters. The van der Waals surface area contributed by atoms with E-state index in [1.807, 2.05) is 13.8 Å². The van der Waals surface area contributed by atoms with Crippen LogP contribution in [0.3, 0.4) is 0 Å². The second kappa shape index (κ2) is 5.87. The first-order valence-electron chi connectivity index (χ1n) is 6.11. The number of amides is 1. The smallest absolute Gasteiger partial charge is 0.341 e. The zero-order valence-corrected chi connectivity index (χ0v) is 12.3. The van der Waals surface area contributed by atoms with Crippen LogP contribution in [0, 0.1) is 13.8 Å². The highest BCUT2D eigenvalue weighted by atomic mass is 32.1. The first-order valence-corrected chi connectivity index (χ1v) is 6.92. The number of nitrogens with zero attached hydrogens (tertiary/aromatic N) is 2. The summed E-state index contributed by atoms with van der Waals surface area (Å²) in [5, 5.41) is 3.21. The molecule has 0 bridgehead atoms. The number of nitrogens with one attached hydrogen (secondary N) is 1. The molecule has 0 aliphatic rings. The van der Waals surface area contributed by atoms with Crippen LogP contribution in [0.25, 0.3) is 0 Å². The zero-order chi connectivity index (χ0) is 14.7. The van der Waals surface area contributed by atoms with E-state index in [1.54, 1.807) is 6.92 Å². The minimum Gasteiger partial charge on any atom is -0.462 e. The molecule has 106 valence electrons. The fourth-order valence-electron chi connectivity index (χ4n) is 1.70. The van der Waals surface area contributed by atoms with Gasteiger partial charge in [0, 0.05) is 17.3 Å². The number of ether oxygens (including phenoxy) is 1. The Morgan fingerprint density at radius 1 is 1.45 bits per heavy atom. The van der Waals surface area contributed by atoms with Crippen LogP contribution in [0.15, 0.2) is 18.7 Å². The van der Waals surface area contributed by atoms with Gasteiger partial charge in [0.25, 0.3) is 0 Å². The number of anilines is 1. The lowest BCUT2D eigenvalue weighted by Gasteiger charge is -2.07. The van der Waals surface area contributed by atoms with Crippen molar-refractivity contribution in [1.29, 1.82) is 0 Å². The van der Waals surface area contributed by atoms with Gasteiger partial charge in [-0.05, 0) is 26.3 Å². The molecule has 7 heteroatoms. The van der Waals surface area contributed by atoms with E-state index in [9.17, 15) is 9.59 Å². The van der Waals surface area contributed by atoms with Crippen molar-refractivity contribution in [2.24, 2.45) is 0 Å². The Kier molecular flexibility index (Phi) is 4.19. The summed E-state index contributed by atoms with van der Waals surface area (Å²) in [6, 6.07) is -0.366. The van der Waals surface area contributed by atoms with Crippen molar-refractivity contribution in [2.45, 2.75) is 20.8 Å². The van der Waals surface area contributed by atoms with Crippen LogP contribution in [-0.2, 0) is 4.74 Å². The summed E-state index contributed by atoms with van der Waals surface area (Å²) in [5.74, 6) is -0.421. The molecule has 0 aliphatic heterocycles. The van der Waals surface area contributed by atoms with Gasteiger partial charge < -0.3 is 4.74 Å². The highest BCUT2D eigenvalue weighted by molar-refractivity contribution is 7.16. The number of thiophene rings is 1. The molecular formula is C13H15N3O3S. The number of aryl methyl sites for hydroxylation is 1. The van der Waals surface area contributed by atoms with Gasteiger partial charge in [-0.15, -0.1) is 11.3 Å². The number of carbonyl (C=O) groups excluding carboxylic acids is 2.